The molecule has 0 bridgehead atoms. The molecule has 2 rings (SSSR count). The van der Waals surface area contributed by atoms with Crippen LogP contribution in [-0.2, 0) is 21.9 Å². The van der Waals surface area contributed by atoms with E-state index in [-0.39, 0.29) is 17.9 Å². The molecular formula is C26H36N2O2S. The van der Waals surface area contributed by atoms with Gasteiger partial charge in [0.25, 0.3) is 0 Å². The Kier molecular flexibility index (Phi) is 10.1. The molecule has 2 amide bonds. The fourth-order valence-electron chi connectivity index (χ4n) is 3.39. The summed E-state index contributed by atoms with van der Waals surface area (Å²) in [5.74, 6) is 1.07. The van der Waals surface area contributed by atoms with E-state index >= 15 is 0 Å². The van der Waals surface area contributed by atoms with Gasteiger partial charge in [-0.1, -0.05) is 73.5 Å². The summed E-state index contributed by atoms with van der Waals surface area (Å²) < 4.78 is 0. The Bertz CT molecular complexity index is 851. The quantitative estimate of drug-likeness (QED) is 0.519. The molecule has 1 N–H and O–H groups in total. The Morgan fingerprint density at radius 1 is 0.968 bits per heavy atom. The maximum atomic E-state index is 13.3. The lowest BCUT2D eigenvalue weighted by atomic mass is 10.1. The van der Waals surface area contributed by atoms with Crippen LogP contribution in [0.4, 0.5) is 0 Å². The minimum Gasteiger partial charge on any atom is -0.352 e. The molecular weight excluding hydrogens is 404 g/mol. The topological polar surface area (TPSA) is 49.4 Å². The Hall–Kier alpha value is -2.27. The maximum absolute atomic E-state index is 13.3. The van der Waals surface area contributed by atoms with Crippen molar-refractivity contribution >= 4 is 23.6 Å². The van der Waals surface area contributed by atoms with Crippen molar-refractivity contribution in [3.05, 3.63) is 70.8 Å². The van der Waals surface area contributed by atoms with Crippen LogP contribution < -0.4 is 5.32 Å². The Balaban J connectivity index is 2.13. The van der Waals surface area contributed by atoms with Gasteiger partial charge in [-0.15, -0.1) is 11.8 Å². The van der Waals surface area contributed by atoms with Crippen LogP contribution in [0.1, 0.15) is 55.9 Å². The number of carbonyl (C=O) groups excluding carboxylic acids is 2. The Morgan fingerprint density at radius 3 is 2.29 bits per heavy atom. The lowest BCUT2D eigenvalue weighted by Gasteiger charge is -2.31. The minimum absolute atomic E-state index is 0.00406. The van der Waals surface area contributed by atoms with E-state index in [9.17, 15) is 9.59 Å². The van der Waals surface area contributed by atoms with E-state index in [1.807, 2.05) is 58.0 Å². The molecule has 0 unspecified atom stereocenters. The van der Waals surface area contributed by atoms with Crippen molar-refractivity contribution in [2.24, 2.45) is 0 Å². The largest absolute Gasteiger partial charge is 0.352 e. The average Bonchev–Trinajstić information content (AvgIpc) is 2.74. The fourth-order valence-corrected chi connectivity index (χ4v) is 4.25. The van der Waals surface area contributed by atoms with Gasteiger partial charge in [-0.2, -0.15) is 0 Å². The molecule has 0 spiro atoms. The highest BCUT2D eigenvalue weighted by Gasteiger charge is 2.29. The van der Waals surface area contributed by atoms with Crippen LogP contribution in [0, 0.1) is 13.8 Å². The number of hydrogen-bond acceptors (Lipinski definition) is 3. The van der Waals surface area contributed by atoms with Gasteiger partial charge < -0.3 is 10.2 Å². The number of carbonyl (C=O) groups is 2. The van der Waals surface area contributed by atoms with E-state index in [1.165, 1.54) is 16.7 Å². The second-order valence-corrected chi connectivity index (χ2v) is 9.22. The lowest BCUT2D eigenvalue weighted by molar-refractivity contribution is -0.139. The zero-order valence-electron chi connectivity index (χ0n) is 19.5. The molecule has 0 aliphatic carbocycles. The molecule has 0 heterocycles. The Morgan fingerprint density at radius 2 is 1.68 bits per heavy atom. The van der Waals surface area contributed by atoms with Crippen molar-refractivity contribution in [1.82, 2.24) is 10.2 Å². The average molecular weight is 441 g/mol. The van der Waals surface area contributed by atoms with Crippen molar-refractivity contribution in [3.63, 3.8) is 0 Å². The normalized spacial score (nSPS) is 12.8. The monoisotopic (exact) mass is 440 g/mol. The van der Waals surface area contributed by atoms with E-state index < -0.39 is 6.04 Å². The minimum atomic E-state index is -0.470. The van der Waals surface area contributed by atoms with Gasteiger partial charge in [0.1, 0.15) is 6.04 Å². The van der Waals surface area contributed by atoms with Crippen LogP contribution in [0.15, 0.2) is 48.5 Å². The number of nitrogens with one attached hydrogen (secondary N) is 1. The standard InChI is InChI=1S/C26H36N2O2S/c1-6-21(5)27-26(30)24(7-2)28(16-22-13-11-19(3)12-14-22)25(29)18-31-17-23-10-8-9-20(4)15-23/h8-15,21,24H,6-7,16-18H2,1-5H3,(H,27,30)/t21-,24+/m1/s1. The molecule has 5 heteroatoms. The van der Waals surface area contributed by atoms with E-state index in [2.05, 4.69) is 30.4 Å². The molecule has 0 radical (unpaired) electrons. The molecule has 0 aliphatic heterocycles. The van der Waals surface area contributed by atoms with Crippen LogP contribution in [0.3, 0.4) is 0 Å². The van der Waals surface area contributed by atoms with Gasteiger partial charge >= 0.3 is 0 Å². The molecule has 0 fully saturated rings. The van der Waals surface area contributed by atoms with E-state index in [0.29, 0.717) is 18.7 Å². The zero-order chi connectivity index (χ0) is 22.8. The van der Waals surface area contributed by atoms with Crippen LogP contribution >= 0.6 is 11.8 Å². The summed E-state index contributed by atoms with van der Waals surface area (Å²) in [5.41, 5.74) is 4.65. The number of amides is 2. The molecule has 168 valence electrons. The van der Waals surface area contributed by atoms with Crippen molar-refractivity contribution in [2.75, 3.05) is 5.75 Å². The third kappa shape index (κ3) is 8.06. The predicted octanol–water partition coefficient (Wildman–Crippen LogP) is 5.26. The lowest BCUT2D eigenvalue weighted by Crippen LogP contribution is -2.51. The third-order valence-corrected chi connectivity index (χ3v) is 6.43. The number of thioether (sulfide) groups is 1. The van der Waals surface area contributed by atoms with E-state index in [0.717, 1.165) is 17.7 Å². The Labute approximate surface area is 191 Å². The van der Waals surface area contributed by atoms with Crippen molar-refractivity contribution in [1.29, 1.82) is 0 Å². The molecule has 0 saturated heterocycles. The fraction of sp³-hybridized carbons (Fsp3) is 0.462. The van der Waals surface area contributed by atoms with E-state index in [4.69, 9.17) is 0 Å². The first kappa shape index (κ1) is 25.0. The summed E-state index contributed by atoms with van der Waals surface area (Å²) in [6.07, 6.45) is 1.45. The number of hydrogen-bond donors (Lipinski definition) is 1. The summed E-state index contributed by atoms with van der Waals surface area (Å²) in [7, 11) is 0. The number of nitrogens with zero attached hydrogens (tertiary/aromatic N) is 1. The first-order valence-electron chi connectivity index (χ1n) is 11.1. The number of benzene rings is 2. The molecule has 0 aliphatic rings. The first-order valence-corrected chi connectivity index (χ1v) is 12.3. The van der Waals surface area contributed by atoms with Crippen molar-refractivity contribution in [2.45, 2.75) is 71.8 Å². The number of rotatable bonds is 11. The summed E-state index contributed by atoms with van der Waals surface area (Å²) >= 11 is 1.60. The summed E-state index contributed by atoms with van der Waals surface area (Å²) in [6, 6.07) is 16.1. The maximum Gasteiger partial charge on any atom is 0.243 e. The highest BCUT2D eigenvalue weighted by atomic mass is 32.2. The van der Waals surface area contributed by atoms with Crippen LogP contribution in [0.25, 0.3) is 0 Å². The predicted molar refractivity (Wildman–Crippen MR) is 131 cm³/mol. The SMILES string of the molecule is CC[C@@H](C)NC(=O)[C@H](CC)N(Cc1ccc(C)cc1)C(=O)CSCc1cccc(C)c1. The van der Waals surface area contributed by atoms with E-state index in [1.54, 1.807) is 16.7 Å². The number of aryl methyl sites for hydroxylation is 2. The third-order valence-electron chi connectivity index (χ3n) is 5.44. The van der Waals surface area contributed by atoms with Gasteiger partial charge in [-0.05, 0) is 44.7 Å². The molecule has 0 aromatic heterocycles. The summed E-state index contributed by atoms with van der Waals surface area (Å²) in [4.78, 5) is 28.0. The highest BCUT2D eigenvalue weighted by molar-refractivity contribution is 7.99. The molecule has 2 atom stereocenters. The second kappa shape index (κ2) is 12.6. The van der Waals surface area contributed by atoms with Gasteiger partial charge in [0.15, 0.2) is 0 Å². The molecule has 2 aromatic carbocycles. The van der Waals surface area contributed by atoms with Crippen LogP contribution in [0.2, 0.25) is 0 Å². The van der Waals surface area contributed by atoms with Gasteiger partial charge in [-0.25, -0.2) is 0 Å². The molecule has 0 saturated carbocycles. The molecule has 31 heavy (non-hydrogen) atoms. The zero-order valence-corrected chi connectivity index (χ0v) is 20.3. The highest BCUT2D eigenvalue weighted by Crippen LogP contribution is 2.18. The first-order chi connectivity index (χ1) is 14.8. The molecule has 2 aromatic rings. The van der Waals surface area contributed by atoms with Crippen LogP contribution in [0.5, 0.6) is 0 Å². The smallest absolute Gasteiger partial charge is 0.243 e. The molecule has 4 nitrogen and oxygen atoms in total. The summed E-state index contributed by atoms with van der Waals surface area (Å²) in [6.45, 7) is 10.6. The van der Waals surface area contributed by atoms with Crippen molar-refractivity contribution < 1.29 is 9.59 Å². The summed E-state index contributed by atoms with van der Waals surface area (Å²) in [5, 5.41) is 3.06. The van der Waals surface area contributed by atoms with Gasteiger partial charge in [-0.3, -0.25) is 9.59 Å². The van der Waals surface area contributed by atoms with Gasteiger partial charge in [0.05, 0.1) is 5.75 Å². The second-order valence-electron chi connectivity index (χ2n) is 8.23. The van der Waals surface area contributed by atoms with Gasteiger partial charge in [0, 0.05) is 18.3 Å². The van der Waals surface area contributed by atoms with Crippen molar-refractivity contribution in [3.8, 4) is 0 Å². The van der Waals surface area contributed by atoms with Gasteiger partial charge in [0.2, 0.25) is 11.8 Å². The van der Waals surface area contributed by atoms with Crippen LogP contribution in [-0.4, -0.2) is 34.6 Å².